The molecule has 1 aromatic carbocycles. The van der Waals surface area contributed by atoms with Crippen LogP contribution in [0.2, 0.25) is 0 Å². The fourth-order valence-electron chi connectivity index (χ4n) is 1.15. The molecule has 0 fully saturated rings. The minimum Gasteiger partial charge on any atom is -0.212 e. The zero-order valence-electron chi connectivity index (χ0n) is 8.72. The van der Waals surface area contributed by atoms with Gasteiger partial charge in [-0.15, -0.1) is 0 Å². The van der Waals surface area contributed by atoms with E-state index in [1.807, 2.05) is 0 Å². The highest BCUT2D eigenvalue weighted by Crippen LogP contribution is 2.10. The Labute approximate surface area is 94.0 Å². The van der Waals surface area contributed by atoms with E-state index in [1.165, 1.54) is 25.2 Å². The van der Waals surface area contributed by atoms with Gasteiger partial charge in [0.1, 0.15) is 12.4 Å². The van der Waals surface area contributed by atoms with E-state index in [-0.39, 0.29) is 12.3 Å². The van der Waals surface area contributed by atoms with Crippen molar-refractivity contribution in [2.24, 2.45) is 0 Å². The van der Waals surface area contributed by atoms with Gasteiger partial charge in [-0.2, -0.15) is 9.57 Å². The first-order valence-electron chi connectivity index (χ1n) is 4.51. The number of hydrogen-bond acceptors (Lipinski definition) is 3. The van der Waals surface area contributed by atoms with Crippen LogP contribution in [-0.4, -0.2) is 26.3 Å². The molecule has 0 saturated heterocycles. The summed E-state index contributed by atoms with van der Waals surface area (Å²) in [5.74, 6) is -0.779. The molecule has 16 heavy (non-hydrogen) atoms. The molecule has 86 valence electrons. The molecular weight excluding hydrogens is 231 g/mol. The maximum absolute atomic E-state index is 12.8. The van der Waals surface area contributed by atoms with Crippen LogP contribution in [-0.2, 0) is 15.8 Å². The maximum Gasteiger partial charge on any atom is 0.218 e. The Morgan fingerprint density at radius 2 is 2.19 bits per heavy atom. The van der Waals surface area contributed by atoms with Gasteiger partial charge >= 0.3 is 0 Å². The molecule has 0 unspecified atom stereocenters. The lowest BCUT2D eigenvalue weighted by molar-refractivity contribution is 0.500. The van der Waals surface area contributed by atoms with Gasteiger partial charge in [0.2, 0.25) is 10.0 Å². The zero-order valence-corrected chi connectivity index (χ0v) is 9.54. The van der Waals surface area contributed by atoms with E-state index < -0.39 is 15.8 Å². The van der Waals surface area contributed by atoms with Crippen molar-refractivity contribution in [2.75, 3.05) is 13.6 Å². The summed E-state index contributed by atoms with van der Waals surface area (Å²) in [5, 5.41) is 8.39. The van der Waals surface area contributed by atoms with Crippen LogP contribution >= 0.6 is 0 Å². The van der Waals surface area contributed by atoms with Crippen molar-refractivity contribution < 1.29 is 12.8 Å². The second kappa shape index (κ2) is 5.05. The van der Waals surface area contributed by atoms with Crippen molar-refractivity contribution in [1.29, 1.82) is 5.26 Å². The van der Waals surface area contributed by atoms with E-state index in [0.717, 1.165) is 10.4 Å². The minimum atomic E-state index is -3.55. The summed E-state index contributed by atoms with van der Waals surface area (Å²) in [4.78, 5) is 0. The highest BCUT2D eigenvalue weighted by Gasteiger charge is 2.18. The Hall–Kier alpha value is -1.45. The third-order valence-corrected chi connectivity index (χ3v) is 3.78. The zero-order chi connectivity index (χ0) is 12.2. The van der Waals surface area contributed by atoms with Gasteiger partial charge in [-0.3, -0.25) is 0 Å². The molecule has 0 radical (unpaired) electrons. The monoisotopic (exact) mass is 242 g/mol. The summed E-state index contributed by atoms with van der Waals surface area (Å²) in [6, 6.07) is 7.13. The van der Waals surface area contributed by atoms with Crippen LogP contribution in [0, 0.1) is 17.1 Å². The number of sulfonamides is 1. The van der Waals surface area contributed by atoms with Gasteiger partial charge in [-0.1, -0.05) is 12.1 Å². The van der Waals surface area contributed by atoms with E-state index >= 15 is 0 Å². The summed E-state index contributed by atoms with van der Waals surface area (Å²) in [6.45, 7) is -0.211. The van der Waals surface area contributed by atoms with Gasteiger partial charge < -0.3 is 0 Å². The highest BCUT2D eigenvalue weighted by molar-refractivity contribution is 7.88. The van der Waals surface area contributed by atoms with E-state index in [9.17, 15) is 12.8 Å². The Kier molecular flexibility index (Phi) is 3.99. The largest absolute Gasteiger partial charge is 0.218 e. The lowest BCUT2D eigenvalue weighted by Gasteiger charge is -2.13. The Morgan fingerprint density at radius 1 is 1.50 bits per heavy atom. The first-order chi connectivity index (χ1) is 7.45. The molecule has 0 aliphatic rings. The number of halogens is 1. The Morgan fingerprint density at radius 3 is 2.75 bits per heavy atom. The first-order valence-corrected chi connectivity index (χ1v) is 6.12. The smallest absolute Gasteiger partial charge is 0.212 e. The van der Waals surface area contributed by atoms with Crippen molar-refractivity contribution in [3.63, 3.8) is 0 Å². The summed E-state index contributed by atoms with van der Waals surface area (Å²) in [7, 11) is -2.23. The van der Waals surface area contributed by atoms with Crippen molar-refractivity contribution in [2.45, 2.75) is 5.75 Å². The predicted molar refractivity (Wildman–Crippen MR) is 57.3 cm³/mol. The van der Waals surface area contributed by atoms with E-state index in [2.05, 4.69) is 0 Å². The van der Waals surface area contributed by atoms with Crippen LogP contribution in [0.1, 0.15) is 5.56 Å². The normalized spacial score (nSPS) is 11.4. The second-order valence-corrected chi connectivity index (χ2v) is 5.38. The quantitative estimate of drug-likeness (QED) is 0.743. The third-order valence-electron chi connectivity index (χ3n) is 2.01. The molecular formula is C10H11FN2O2S. The van der Waals surface area contributed by atoms with Crippen molar-refractivity contribution >= 4 is 10.0 Å². The summed E-state index contributed by atoms with van der Waals surface area (Å²) in [6.07, 6.45) is 0. The standard InChI is InChI=1S/C10H11FN2O2S/c1-13(6-5-12)16(14,15)8-9-3-2-4-10(11)7-9/h2-4,7H,6,8H2,1H3. The van der Waals surface area contributed by atoms with Crippen LogP contribution in [0.5, 0.6) is 0 Å². The Bertz CT molecular complexity index is 508. The number of nitrogens with zero attached hydrogens (tertiary/aromatic N) is 2. The fraction of sp³-hybridized carbons (Fsp3) is 0.300. The number of hydrogen-bond donors (Lipinski definition) is 0. The van der Waals surface area contributed by atoms with Gasteiger partial charge in [-0.05, 0) is 17.7 Å². The molecule has 0 amide bonds. The molecule has 0 aliphatic carbocycles. The summed E-state index contributed by atoms with van der Waals surface area (Å²) >= 11 is 0. The van der Waals surface area contributed by atoms with Crippen LogP contribution in [0.15, 0.2) is 24.3 Å². The average Bonchev–Trinajstić information content (AvgIpc) is 2.17. The molecule has 0 heterocycles. The van der Waals surface area contributed by atoms with Crippen molar-refractivity contribution in [3.05, 3.63) is 35.6 Å². The van der Waals surface area contributed by atoms with Gasteiger partial charge in [0.25, 0.3) is 0 Å². The summed E-state index contributed by atoms with van der Waals surface area (Å²) < 4.78 is 37.1. The predicted octanol–water partition coefficient (Wildman–Crippen LogP) is 1.11. The third kappa shape index (κ3) is 3.29. The maximum atomic E-state index is 12.8. The first kappa shape index (κ1) is 12.6. The number of rotatable bonds is 4. The van der Waals surface area contributed by atoms with Gasteiger partial charge in [0.05, 0.1) is 11.8 Å². The van der Waals surface area contributed by atoms with Crippen LogP contribution in [0.4, 0.5) is 4.39 Å². The summed E-state index contributed by atoms with van der Waals surface area (Å²) in [5.41, 5.74) is 0.366. The molecule has 0 aliphatic heterocycles. The fourth-order valence-corrected chi connectivity index (χ4v) is 2.22. The molecule has 1 rings (SSSR count). The second-order valence-electron chi connectivity index (χ2n) is 3.30. The molecule has 0 saturated carbocycles. The molecule has 0 aromatic heterocycles. The number of benzene rings is 1. The SMILES string of the molecule is CN(CC#N)S(=O)(=O)Cc1cccc(F)c1. The van der Waals surface area contributed by atoms with E-state index in [1.54, 1.807) is 6.07 Å². The van der Waals surface area contributed by atoms with E-state index in [0.29, 0.717) is 5.56 Å². The van der Waals surface area contributed by atoms with Crippen LogP contribution in [0.3, 0.4) is 0 Å². The molecule has 0 atom stereocenters. The molecule has 1 aromatic rings. The van der Waals surface area contributed by atoms with Crippen molar-refractivity contribution in [3.8, 4) is 6.07 Å². The lowest BCUT2D eigenvalue weighted by Crippen LogP contribution is -2.28. The minimum absolute atomic E-state index is 0.211. The molecule has 6 heteroatoms. The van der Waals surface area contributed by atoms with E-state index in [4.69, 9.17) is 5.26 Å². The highest BCUT2D eigenvalue weighted by atomic mass is 32.2. The molecule has 0 N–H and O–H groups in total. The van der Waals surface area contributed by atoms with Crippen LogP contribution in [0.25, 0.3) is 0 Å². The van der Waals surface area contributed by atoms with Crippen LogP contribution < -0.4 is 0 Å². The van der Waals surface area contributed by atoms with Gasteiger partial charge in [0.15, 0.2) is 0 Å². The molecule has 0 spiro atoms. The molecule has 0 bridgehead atoms. The average molecular weight is 242 g/mol. The lowest BCUT2D eigenvalue weighted by atomic mass is 10.2. The molecule has 4 nitrogen and oxygen atoms in total. The Balaban J connectivity index is 2.85. The van der Waals surface area contributed by atoms with Crippen molar-refractivity contribution in [1.82, 2.24) is 4.31 Å². The number of nitriles is 1. The van der Waals surface area contributed by atoms with Gasteiger partial charge in [-0.25, -0.2) is 12.8 Å². The topological polar surface area (TPSA) is 61.2 Å². The van der Waals surface area contributed by atoms with Gasteiger partial charge in [0, 0.05) is 7.05 Å².